The molecule has 0 aromatic carbocycles. The summed E-state index contributed by atoms with van der Waals surface area (Å²) in [5.74, 6) is 0.393. The number of hydrazone groups is 1. The van der Waals surface area contributed by atoms with Crippen LogP contribution in [0.4, 0.5) is 0 Å². The minimum Gasteiger partial charge on any atom is -0.359 e. The lowest BCUT2D eigenvalue weighted by Crippen LogP contribution is -2.14. The maximum absolute atomic E-state index is 12.0. The molecule has 1 aliphatic heterocycles. The Bertz CT molecular complexity index is 728. The standard InChI is InChI=1S/C15H15N5O/c21-15-11(13(19-20-15)14-16-5-6-17-14)8-10-7-9-3-1-2-4-12(9)18-10/h5-8,18H,1-4H2,(H,16,17)(H,20,21). The first-order valence-electron chi connectivity index (χ1n) is 7.12. The molecule has 0 unspecified atom stereocenters. The Labute approximate surface area is 121 Å². The molecule has 0 atom stereocenters. The minimum absolute atomic E-state index is 0.200. The van der Waals surface area contributed by atoms with Crippen molar-refractivity contribution in [2.75, 3.05) is 0 Å². The summed E-state index contributed by atoms with van der Waals surface area (Å²) in [6.07, 6.45) is 9.87. The summed E-state index contributed by atoms with van der Waals surface area (Å²) in [4.78, 5) is 22.5. The number of imidazole rings is 1. The molecular weight excluding hydrogens is 266 g/mol. The van der Waals surface area contributed by atoms with Crippen molar-refractivity contribution in [3.05, 3.63) is 46.8 Å². The Morgan fingerprint density at radius 1 is 1.24 bits per heavy atom. The number of hydrogen-bond acceptors (Lipinski definition) is 3. The molecule has 6 nitrogen and oxygen atoms in total. The van der Waals surface area contributed by atoms with Crippen molar-refractivity contribution in [3.8, 4) is 0 Å². The maximum Gasteiger partial charge on any atom is 0.273 e. The molecule has 0 fully saturated rings. The lowest BCUT2D eigenvalue weighted by Gasteiger charge is -2.08. The van der Waals surface area contributed by atoms with Gasteiger partial charge in [0.05, 0.1) is 5.57 Å². The number of hydrogen-bond donors (Lipinski definition) is 3. The molecule has 0 radical (unpaired) electrons. The monoisotopic (exact) mass is 281 g/mol. The fourth-order valence-corrected chi connectivity index (χ4v) is 2.91. The van der Waals surface area contributed by atoms with Gasteiger partial charge in [0, 0.05) is 23.8 Å². The molecule has 0 spiro atoms. The fraction of sp³-hybridized carbons (Fsp3) is 0.267. The Balaban J connectivity index is 1.72. The van der Waals surface area contributed by atoms with E-state index in [1.54, 1.807) is 12.4 Å². The Morgan fingerprint density at radius 2 is 2.14 bits per heavy atom. The molecule has 2 aromatic heterocycles. The Kier molecular flexibility index (Phi) is 2.73. The van der Waals surface area contributed by atoms with Gasteiger partial charge in [0.1, 0.15) is 5.71 Å². The van der Waals surface area contributed by atoms with Crippen LogP contribution in [-0.4, -0.2) is 26.6 Å². The second-order valence-corrected chi connectivity index (χ2v) is 5.33. The number of carbonyl (C=O) groups is 1. The molecule has 0 bridgehead atoms. The van der Waals surface area contributed by atoms with Gasteiger partial charge in [-0.25, -0.2) is 10.4 Å². The molecule has 106 valence electrons. The number of aromatic nitrogens is 3. The van der Waals surface area contributed by atoms with E-state index in [-0.39, 0.29) is 5.91 Å². The van der Waals surface area contributed by atoms with Crippen LogP contribution in [-0.2, 0) is 17.6 Å². The van der Waals surface area contributed by atoms with Gasteiger partial charge in [-0.2, -0.15) is 5.10 Å². The third kappa shape index (κ3) is 2.08. The van der Waals surface area contributed by atoms with Gasteiger partial charge >= 0.3 is 0 Å². The second kappa shape index (κ2) is 4.73. The van der Waals surface area contributed by atoms with Gasteiger partial charge in [-0.1, -0.05) is 0 Å². The molecule has 6 heteroatoms. The van der Waals surface area contributed by atoms with Crippen molar-refractivity contribution >= 4 is 17.7 Å². The number of H-pyrrole nitrogens is 2. The van der Waals surface area contributed by atoms with Gasteiger partial charge in [-0.3, -0.25) is 4.79 Å². The zero-order valence-corrected chi connectivity index (χ0v) is 11.4. The van der Waals surface area contributed by atoms with Crippen molar-refractivity contribution in [1.29, 1.82) is 0 Å². The van der Waals surface area contributed by atoms with Gasteiger partial charge in [0.15, 0.2) is 5.82 Å². The summed E-state index contributed by atoms with van der Waals surface area (Å²) in [5, 5.41) is 4.06. The SMILES string of the molecule is O=C1NN=C(c2ncc[nH]2)C1=Cc1cc2c([nH]1)CCCC2. The van der Waals surface area contributed by atoms with Crippen LogP contribution in [0.2, 0.25) is 0 Å². The average molecular weight is 281 g/mol. The third-order valence-electron chi connectivity index (χ3n) is 3.93. The summed E-state index contributed by atoms with van der Waals surface area (Å²) in [5.41, 5.74) is 7.19. The number of carbonyl (C=O) groups excluding carboxylic acids is 1. The normalized spacial score (nSPS) is 19.5. The highest BCUT2D eigenvalue weighted by Crippen LogP contribution is 2.23. The Morgan fingerprint density at radius 3 is 2.95 bits per heavy atom. The van der Waals surface area contributed by atoms with Crippen molar-refractivity contribution in [2.45, 2.75) is 25.7 Å². The average Bonchev–Trinajstić information content (AvgIpc) is 3.19. The number of fused-ring (bicyclic) bond motifs is 1. The Hall–Kier alpha value is -2.63. The van der Waals surface area contributed by atoms with Gasteiger partial charge in [-0.15, -0.1) is 0 Å². The van der Waals surface area contributed by atoms with E-state index in [0.717, 1.165) is 18.5 Å². The summed E-state index contributed by atoms with van der Waals surface area (Å²) in [6.45, 7) is 0. The van der Waals surface area contributed by atoms with Gasteiger partial charge < -0.3 is 9.97 Å². The lowest BCUT2D eigenvalue weighted by atomic mass is 9.98. The third-order valence-corrected chi connectivity index (χ3v) is 3.93. The van der Waals surface area contributed by atoms with Crippen LogP contribution in [0.15, 0.2) is 29.1 Å². The topological polar surface area (TPSA) is 85.9 Å². The van der Waals surface area contributed by atoms with E-state index < -0.39 is 0 Å². The summed E-state index contributed by atoms with van der Waals surface area (Å²) in [6, 6.07) is 2.13. The van der Waals surface area contributed by atoms with Crippen molar-refractivity contribution in [1.82, 2.24) is 20.4 Å². The molecule has 4 rings (SSSR count). The summed E-state index contributed by atoms with van der Waals surface area (Å²) < 4.78 is 0. The van der Waals surface area contributed by atoms with Gasteiger partial charge in [0.2, 0.25) is 0 Å². The number of aromatic amines is 2. The van der Waals surface area contributed by atoms with Crippen molar-refractivity contribution in [3.63, 3.8) is 0 Å². The van der Waals surface area contributed by atoms with Gasteiger partial charge in [0.25, 0.3) is 5.91 Å². The highest BCUT2D eigenvalue weighted by atomic mass is 16.2. The fourth-order valence-electron chi connectivity index (χ4n) is 2.91. The zero-order valence-electron chi connectivity index (χ0n) is 11.4. The molecule has 2 aliphatic rings. The second-order valence-electron chi connectivity index (χ2n) is 5.33. The lowest BCUT2D eigenvalue weighted by molar-refractivity contribution is -0.116. The van der Waals surface area contributed by atoms with Crippen molar-refractivity contribution in [2.24, 2.45) is 5.10 Å². The number of aryl methyl sites for hydroxylation is 2. The van der Waals surface area contributed by atoms with E-state index in [1.165, 1.54) is 24.1 Å². The molecule has 2 aromatic rings. The zero-order chi connectivity index (χ0) is 14.2. The van der Waals surface area contributed by atoms with Crippen LogP contribution in [0.25, 0.3) is 6.08 Å². The largest absolute Gasteiger partial charge is 0.359 e. The molecule has 1 amide bonds. The molecule has 0 saturated carbocycles. The predicted molar refractivity (Wildman–Crippen MR) is 78.7 cm³/mol. The van der Waals surface area contributed by atoms with E-state index in [1.807, 2.05) is 6.08 Å². The molecule has 3 heterocycles. The molecule has 3 N–H and O–H groups in total. The van der Waals surface area contributed by atoms with E-state index >= 15 is 0 Å². The number of nitrogens with zero attached hydrogens (tertiary/aromatic N) is 2. The first-order valence-corrected chi connectivity index (χ1v) is 7.12. The van der Waals surface area contributed by atoms with E-state index in [0.29, 0.717) is 17.1 Å². The first-order chi connectivity index (χ1) is 10.3. The predicted octanol–water partition coefficient (Wildman–Crippen LogP) is 1.53. The first kappa shape index (κ1) is 12.1. The van der Waals surface area contributed by atoms with Crippen LogP contribution in [0.3, 0.4) is 0 Å². The molecule has 21 heavy (non-hydrogen) atoms. The smallest absolute Gasteiger partial charge is 0.273 e. The van der Waals surface area contributed by atoms with E-state index in [4.69, 9.17) is 0 Å². The van der Waals surface area contributed by atoms with Crippen molar-refractivity contribution < 1.29 is 4.79 Å². The highest BCUT2D eigenvalue weighted by Gasteiger charge is 2.26. The highest BCUT2D eigenvalue weighted by molar-refractivity contribution is 6.32. The van der Waals surface area contributed by atoms with Crippen LogP contribution >= 0.6 is 0 Å². The summed E-state index contributed by atoms with van der Waals surface area (Å²) >= 11 is 0. The number of nitrogens with one attached hydrogen (secondary N) is 3. The van der Waals surface area contributed by atoms with Crippen LogP contribution in [0, 0.1) is 0 Å². The summed E-state index contributed by atoms with van der Waals surface area (Å²) in [7, 11) is 0. The van der Waals surface area contributed by atoms with Crippen LogP contribution < -0.4 is 5.43 Å². The quantitative estimate of drug-likeness (QED) is 0.729. The van der Waals surface area contributed by atoms with E-state index in [2.05, 4.69) is 31.5 Å². The number of amides is 1. The minimum atomic E-state index is -0.200. The van der Waals surface area contributed by atoms with Gasteiger partial charge in [-0.05, 0) is 43.4 Å². The maximum atomic E-state index is 12.0. The number of rotatable bonds is 2. The molecular formula is C15H15N5O. The van der Waals surface area contributed by atoms with Crippen LogP contribution in [0.1, 0.15) is 35.6 Å². The van der Waals surface area contributed by atoms with E-state index in [9.17, 15) is 4.79 Å². The molecule has 0 saturated heterocycles. The molecule has 1 aliphatic carbocycles. The van der Waals surface area contributed by atoms with Crippen LogP contribution in [0.5, 0.6) is 0 Å².